The van der Waals surface area contributed by atoms with Crippen LogP contribution in [0.25, 0.3) is 0 Å². The first-order valence-electron chi connectivity index (χ1n) is 11.3. The fourth-order valence-electron chi connectivity index (χ4n) is 3.66. The van der Waals surface area contributed by atoms with Crippen LogP contribution in [0.4, 0.5) is 21.5 Å². The molecule has 0 saturated carbocycles. The Bertz CT molecular complexity index is 1320. The Balaban J connectivity index is 1.69. The minimum Gasteiger partial charge on any atom is -0.503 e. The average Bonchev–Trinajstić information content (AvgIpc) is 2.92. The number of phenolic OH excluding ortho intramolecular Hbond substituents is 1. The molecule has 184 valence electrons. The summed E-state index contributed by atoms with van der Waals surface area (Å²) in [6.45, 7) is 0.591. The number of nitrogens with zero attached hydrogens (tertiary/aromatic N) is 3. The summed E-state index contributed by atoms with van der Waals surface area (Å²) in [6, 6.07) is 25.4. The zero-order valence-electron chi connectivity index (χ0n) is 20.0. The summed E-state index contributed by atoms with van der Waals surface area (Å²) < 4.78 is 26.1. The molecule has 4 aromatic rings. The van der Waals surface area contributed by atoms with Gasteiger partial charge in [0.1, 0.15) is 24.6 Å². The lowest BCUT2D eigenvalue weighted by Gasteiger charge is -2.27. The van der Waals surface area contributed by atoms with E-state index in [0.717, 1.165) is 22.1 Å². The maximum absolute atomic E-state index is 14.1. The predicted molar refractivity (Wildman–Crippen MR) is 136 cm³/mol. The smallest absolute Gasteiger partial charge is 0.241 e. The summed E-state index contributed by atoms with van der Waals surface area (Å²) in [7, 11) is 3.15. The molecule has 1 heterocycles. The van der Waals surface area contributed by atoms with Crippen molar-refractivity contribution in [2.75, 3.05) is 23.9 Å². The van der Waals surface area contributed by atoms with Crippen LogP contribution in [-0.2, 0) is 18.0 Å². The van der Waals surface area contributed by atoms with E-state index in [1.54, 1.807) is 24.1 Å². The van der Waals surface area contributed by atoms with Crippen LogP contribution < -0.4 is 19.3 Å². The van der Waals surface area contributed by atoms with E-state index in [9.17, 15) is 14.3 Å². The van der Waals surface area contributed by atoms with Gasteiger partial charge < -0.3 is 24.4 Å². The molecule has 1 N–H and O–H groups in total. The number of ether oxygens (including phenoxy) is 2. The number of rotatable bonds is 10. The van der Waals surface area contributed by atoms with Gasteiger partial charge in [-0.05, 0) is 29.3 Å². The number of hydrogen-bond donors (Lipinski definition) is 1. The Morgan fingerprint density at radius 3 is 2.03 bits per heavy atom. The summed E-state index contributed by atoms with van der Waals surface area (Å²) in [5.41, 5.74) is 2.88. The van der Waals surface area contributed by atoms with Crippen molar-refractivity contribution in [2.45, 2.75) is 13.2 Å². The first-order chi connectivity index (χ1) is 17.5. The number of anilines is 3. The van der Waals surface area contributed by atoms with Gasteiger partial charge in [0.15, 0.2) is 11.6 Å². The highest BCUT2D eigenvalue weighted by atomic mass is 19.1. The number of carbonyl (C=O) groups is 1. The van der Waals surface area contributed by atoms with Gasteiger partial charge >= 0.3 is 0 Å². The number of phenols is 1. The highest BCUT2D eigenvalue weighted by Gasteiger charge is 2.22. The molecule has 0 fully saturated rings. The Kier molecular flexibility index (Phi) is 7.65. The van der Waals surface area contributed by atoms with E-state index in [0.29, 0.717) is 30.3 Å². The van der Waals surface area contributed by atoms with E-state index in [-0.39, 0.29) is 18.2 Å². The zero-order chi connectivity index (χ0) is 25.5. The predicted octanol–water partition coefficient (Wildman–Crippen LogP) is 5.44. The van der Waals surface area contributed by atoms with Gasteiger partial charge in [-0.15, -0.1) is 0 Å². The summed E-state index contributed by atoms with van der Waals surface area (Å²) in [5.74, 6) is -0.822. The molecule has 1 aromatic heterocycles. The number of pyridine rings is 1. The van der Waals surface area contributed by atoms with Crippen LogP contribution in [0.1, 0.15) is 11.1 Å². The van der Waals surface area contributed by atoms with Gasteiger partial charge in [0.2, 0.25) is 18.2 Å². The monoisotopic (exact) mass is 487 g/mol. The van der Waals surface area contributed by atoms with Crippen molar-refractivity contribution in [3.8, 4) is 17.5 Å². The second kappa shape index (κ2) is 11.2. The van der Waals surface area contributed by atoms with E-state index in [4.69, 9.17) is 9.47 Å². The number of aromatic hydroxyl groups is 1. The maximum Gasteiger partial charge on any atom is 0.241 e. The molecule has 1 amide bonds. The molecule has 4 rings (SSSR count). The molecular formula is C28H26FN3O4. The van der Waals surface area contributed by atoms with E-state index in [2.05, 4.69) is 4.98 Å². The van der Waals surface area contributed by atoms with E-state index >= 15 is 0 Å². The molecule has 0 aliphatic rings. The highest BCUT2D eigenvalue weighted by molar-refractivity contribution is 5.90. The molecular weight excluding hydrogens is 461 g/mol. The van der Waals surface area contributed by atoms with Crippen LogP contribution in [0.3, 0.4) is 0 Å². The fraction of sp³-hybridized carbons (Fsp3) is 0.143. The summed E-state index contributed by atoms with van der Waals surface area (Å²) >= 11 is 0. The molecule has 0 spiro atoms. The molecule has 0 atom stereocenters. The first kappa shape index (κ1) is 24.5. The summed E-state index contributed by atoms with van der Waals surface area (Å²) in [5, 5.41) is 10.4. The van der Waals surface area contributed by atoms with Gasteiger partial charge in [-0.1, -0.05) is 60.7 Å². The standard InChI is InChI=1S/C28H26FN3O4/c1-31(19-33)26-23(14-13-22(29)27(26)34)32(2)24-15-16-25(35-17-20-9-5-3-6-10-20)30-28(24)36-18-21-11-7-4-8-12-21/h3-16,19,34H,17-18H2,1-2H3. The van der Waals surface area contributed by atoms with Crippen molar-refractivity contribution in [2.24, 2.45) is 0 Å². The topological polar surface area (TPSA) is 75.1 Å². The minimum atomic E-state index is -0.834. The Labute approximate surface area is 209 Å². The van der Waals surface area contributed by atoms with Crippen molar-refractivity contribution in [1.29, 1.82) is 0 Å². The van der Waals surface area contributed by atoms with Crippen LogP contribution in [-0.4, -0.2) is 30.6 Å². The van der Waals surface area contributed by atoms with Gasteiger partial charge in [-0.3, -0.25) is 4.79 Å². The number of aromatic nitrogens is 1. The number of benzene rings is 3. The van der Waals surface area contributed by atoms with E-state index < -0.39 is 11.6 Å². The van der Waals surface area contributed by atoms with Gasteiger partial charge in [0.05, 0.1) is 5.69 Å². The molecule has 0 aliphatic heterocycles. The number of carbonyl (C=O) groups excluding carboxylic acids is 1. The molecule has 36 heavy (non-hydrogen) atoms. The second-order valence-corrected chi connectivity index (χ2v) is 8.06. The van der Waals surface area contributed by atoms with Crippen molar-refractivity contribution >= 4 is 23.5 Å². The Hall–Kier alpha value is -4.59. The Morgan fingerprint density at radius 1 is 0.833 bits per heavy atom. The SMILES string of the molecule is CN(C=O)c1c(N(C)c2ccc(OCc3ccccc3)nc2OCc2ccccc2)ccc(F)c1O. The number of hydrogen-bond acceptors (Lipinski definition) is 6. The van der Waals surface area contributed by atoms with Gasteiger partial charge in [0, 0.05) is 20.2 Å². The van der Waals surface area contributed by atoms with Gasteiger partial charge in [0.25, 0.3) is 0 Å². The molecule has 8 heteroatoms. The normalized spacial score (nSPS) is 10.5. The lowest BCUT2D eigenvalue weighted by atomic mass is 10.2. The first-order valence-corrected chi connectivity index (χ1v) is 11.3. The van der Waals surface area contributed by atoms with Gasteiger partial charge in [-0.25, -0.2) is 4.39 Å². The van der Waals surface area contributed by atoms with Crippen molar-refractivity contribution < 1.29 is 23.8 Å². The molecule has 7 nitrogen and oxygen atoms in total. The van der Waals surface area contributed by atoms with Gasteiger partial charge in [-0.2, -0.15) is 4.98 Å². The van der Waals surface area contributed by atoms with Crippen LogP contribution in [0.15, 0.2) is 84.9 Å². The number of amides is 1. The van der Waals surface area contributed by atoms with E-state index in [1.165, 1.54) is 13.1 Å². The molecule has 0 unspecified atom stereocenters. The maximum atomic E-state index is 14.1. The zero-order valence-corrected chi connectivity index (χ0v) is 20.0. The highest BCUT2D eigenvalue weighted by Crippen LogP contribution is 2.43. The van der Waals surface area contributed by atoms with Crippen LogP contribution in [0.5, 0.6) is 17.5 Å². The summed E-state index contributed by atoms with van der Waals surface area (Å²) in [6.07, 6.45) is 0.497. The lowest BCUT2D eigenvalue weighted by molar-refractivity contribution is -0.107. The minimum absolute atomic E-state index is 0.0194. The Morgan fingerprint density at radius 2 is 1.42 bits per heavy atom. The third-order valence-electron chi connectivity index (χ3n) is 5.58. The number of halogens is 1. The average molecular weight is 488 g/mol. The largest absolute Gasteiger partial charge is 0.503 e. The van der Waals surface area contributed by atoms with Crippen molar-refractivity contribution in [1.82, 2.24) is 4.98 Å². The van der Waals surface area contributed by atoms with Crippen LogP contribution in [0, 0.1) is 5.82 Å². The van der Waals surface area contributed by atoms with Crippen molar-refractivity contribution in [3.63, 3.8) is 0 Å². The van der Waals surface area contributed by atoms with E-state index in [1.807, 2.05) is 60.7 Å². The molecule has 3 aromatic carbocycles. The van der Waals surface area contributed by atoms with Crippen LogP contribution >= 0.6 is 0 Å². The quantitative estimate of drug-likeness (QED) is 0.300. The van der Waals surface area contributed by atoms with Crippen LogP contribution in [0.2, 0.25) is 0 Å². The lowest BCUT2D eigenvalue weighted by Crippen LogP contribution is -2.20. The fourth-order valence-corrected chi connectivity index (χ4v) is 3.66. The third kappa shape index (κ3) is 5.55. The van der Waals surface area contributed by atoms with Crippen molar-refractivity contribution in [3.05, 3.63) is 102 Å². The molecule has 0 saturated heterocycles. The molecule has 0 aliphatic carbocycles. The molecule has 0 radical (unpaired) electrons. The summed E-state index contributed by atoms with van der Waals surface area (Å²) in [4.78, 5) is 18.8. The third-order valence-corrected chi connectivity index (χ3v) is 5.58. The second-order valence-electron chi connectivity index (χ2n) is 8.06. The molecule has 0 bridgehead atoms.